The summed E-state index contributed by atoms with van der Waals surface area (Å²) in [6.45, 7) is 2.57. The first-order chi connectivity index (χ1) is 7.95. The monoisotopic (exact) mass is 320 g/mol. The Balaban J connectivity index is 2.79. The van der Waals surface area contributed by atoms with E-state index in [0.29, 0.717) is 21.8 Å². The van der Waals surface area contributed by atoms with Crippen LogP contribution in [0.1, 0.15) is 17.3 Å². The first kappa shape index (κ1) is 14.3. The fourth-order valence-corrected chi connectivity index (χ4v) is 1.90. The number of rotatable bonds is 4. The fraction of sp³-hybridized carbons (Fsp3) is 0.364. The molecular weight excluding hydrogens is 307 g/mol. The standard InChI is InChI=1S/C11H14BrFN2OS/c1-6(17-2)5-15-11(16)7-3-10(14)9(13)4-8(7)12/h3-4,6H,5,14H2,1-2H3,(H,15,16). The number of nitrogens with two attached hydrogens (primary N) is 1. The Labute approximate surface area is 112 Å². The van der Waals surface area contributed by atoms with Gasteiger partial charge in [0.05, 0.1) is 11.3 Å². The summed E-state index contributed by atoms with van der Waals surface area (Å²) in [5, 5.41) is 3.10. The van der Waals surface area contributed by atoms with Crippen molar-refractivity contribution in [1.29, 1.82) is 0 Å². The van der Waals surface area contributed by atoms with Gasteiger partial charge in [-0.15, -0.1) is 0 Å². The lowest BCUT2D eigenvalue weighted by atomic mass is 10.2. The van der Waals surface area contributed by atoms with E-state index in [0.717, 1.165) is 0 Å². The molecule has 0 aromatic heterocycles. The number of hydrogen-bond acceptors (Lipinski definition) is 3. The fourth-order valence-electron chi connectivity index (χ4n) is 1.15. The van der Waals surface area contributed by atoms with Gasteiger partial charge in [-0.05, 0) is 34.3 Å². The Morgan fingerprint density at radius 3 is 2.88 bits per heavy atom. The smallest absolute Gasteiger partial charge is 0.252 e. The summed E-state index contributed by atoms with van der Waals surface area (Å²) in [7, 11) is 0. The molecule has 0 aliphatic heterocycles. The second-order valence-corrected chi connectivity index (χ2v) is 5.74. The highest BCUT2D eigenvalue weighted by Gasteiger charge is 2.13. The molecule has 1 rings (SSSR count). The summed E-state index contributed by atoms with van der Waals surface area (Å²) in [5.74, 6) is -0.796. The molecule has 3 N–H and O–H groups in total. The molecular formula is C11H14BrFN2OS. The number of benzene rings is 1. The molecule has 17 heavy (non-hydrogen) atoms. The van der Waals surface area contributed by atoms with Crippen LogP contribution in [0.3, 0.4) is 0 Å². The van der Waals surface area contributed by atoms with Crippen LogP contribution in [0.2, 0.25) is 0 Å². The number of carbonyl (C=O) groups excluding carboxylic acids is 1. The third kappa shape index (κ3) is 3.89. The largest absolute Gasteiger partial charge is 0.396 e. The van der Waals surface area contributed by atoms with Crippen molar-refractivity contribution in [3.63, 3.8) is 0 Å². The van der Waals surface area contributed by atoms with Gasteiger partial charge in [0.1, 0.15) is 5.82 Å². The number of anilines is 1. The molecule has 1 atom stereocenters. The van der Waals surface area contributed by atoms with Crippen molar-refractivity contribution >= 4 is 39.3 Å². The molecule has 94 valence electrons. The van der Waals surface area contributed by atoms with E-state index in [9.17, 15) is 9.18 Å². The van der Waals surface area contributed by atoms with E-state index in [4.69, 9.17) is 5.73 Å². The Morgan fingerprint density at radius 1 is 1.65 bits per heavy atom. The van der Waals surface area contributed by atoms with Gasteiger partial charge in [-0.2, -0.15) is 11.8 Å². The Morgan fingerprint density at radius 2 is 2.29 bits per heavy atom. The van der Waals surface area contributed by atoms with Crippen molar-refractivity contribution in [1.82, 2.24) is 5.32 Å². The highest BCUT2D eigenvalue weighted by atomic mass is 79.9. The molecule has 0 saturated carbocycles. The molecule has 0 aliphatic carbocycles. The SMILES string of the molecule is CSC(C)CNC(=O)c1cc(N)c(F)cc1Br. The van der Waals surface area contributed by atoms with E-state index in [1.807, 2.05) is 13.2 Å². The molecule has 0 spiro atoms. The molecule has 6 heteroatoms. The predicted molar refractivity (Wildman–Crippen MR) is 73.8 cm³/mol. The summed E-state index contributed by atoms with van der Waals surface area (Å²) < 4.78 is 13.5. The predicted octanol–water partition coefficient (Wildman–Crippen LogP) is 2.65. The summed E-state index contributed by atoms with van der Waals surface area (Å²) in [6.07, 6.45) is 1.97. The average molecular weight is 321 g/mol. The highest BCUT2D eigenvalue weighted by molar-refractivity contribution is 9.10. The lowest BCUT2D eigenvalue weighted by Crippen LogP contribution is -2.29. The van der Waals surface area contributed by atoms with Crippen molar-refractivity contribution in [3.8, 4) is 0 Å². The maximum Gasteiger partial charge on any atom is 0.252 e. The van der Waals surface area contributed by atoms with Gasteiger partial charge in [0.15, 0.2) is 0 Å². The zero-order valence-corrected chi connectivity index (χ0v) is 12.0. The molecule has 0 saturated heterocycles. The molecule has 0 aliphatic rings. The first-order valence-corrected chi connectivity index (χ1v) is 7.09. The van der Waals surface area contributed by atoms with E-state index in [1.54, 1.807) is 11.8 Å². The number of nitrogen functional groups attached to an aromatic ring is 1. The minimum absolute atomic E-state index is 0.0312. The van der Waals surface area contributed by atoms with E-state index in [1.165, 1.54) is 12.1 Å². The number of halogens is 2. The maximum atomic E-state index is 13.1. The van der Waals surface area contributed by atoms with Crippen molar-refractivity contribution < 1.29 is 9.18 Å². The lowest BCUT2D eigenvalue weighted by molar-refractivity contribution is 0.0953. The Hall–Kier alpha value is -0.750. The number of nitrogens with one attached hydrogen (secondary N) is 1. The molecule has 0 bridgehead atoms. The third-order valence-electron chi connectivity index (χ3n) is 2.28. The zero-order chi connectivity index (χ0) is 13.0. The first-order valence-electron chi connectivity index (χ1n) is 5.01. The molecule has 1 aromatic carbocycles. The number of hydrogen-bond donors (Lipinski definition) is 2. The van der Waals surface area contributed by atoms with E-state index < -0.39 is 5.82 Å². The minimum atomic E-state index is -0.536. The molecule has 1 amide bonds. The van der Waals surface area contributed by atoms with E-state index in [2.05, 4.69) is 21.2 Å². The molecule has 0 fully saturated rings. The van der Waals surface area contributed by atoms with Crippen LogP contribution < -0.4 is 11.1 Å². The topological polar surface area (TPSA) is 55.1 Å². The molecule has 0 radical (unpaired) electrons. The van der Waals surface area contributed by atoms with Crippen LogP contribution in [-0.2, 0) is 0 Å². The van der Waals surface area contributed by atoms with Gasteiger partial charge in [-0.3, -0.25) is 4.79 Å². The quantitative estimate of drug-likeness (QED) is 0.838. The van der Waals surface area contributed by atoms with Crippen LogP contribution in [0.4, 0.5) is 10.1 Å². The Kier molecular flexibility index (Phi) is 5.27. The maximum absolute atomic E-state index is 13.1. The summed E-state index contributed by atoms with van der Waals surface area (Å²) in [6, 6.07) is 2.53. The molecule has 1 aromatic rings. The van der Waals surface area contributed by atoms with E-state index >= 15 is 0 Å². The second kappa shape index (κ2) is 6.26. The van der Waals surface area contributed by atoms with Gasteiger partial charge >= 0.3 is 0 Å². The van der Waals surface area contributed by atoms with E-state index in [-0.39, 0.29) is 11.6 Å². The van der Waals surface area contributed by atoms with Crippen LogP contribution >= 0.6 is 27.7 Å². The van der Waals surface area contributed by atoms with Crippen molar-refractivity contribution in [2.24, 2.45) is 0 Å². The van der Waals surface area contributed by atoms with Crippen LogP contribution in [0.25, 0.3) is 0 Å². The lowest BCUT2D eigenvalue weighted by Gasteiger charge is -2.11. The van der Waals surface area contributed by atoms with Gasteiger partial charge in [0.2, 0.25) is 0 Å². The minimum Gasteiger partial charge on any atom is -0.396 e. The highest BCUT2D eigenvalue weighted by Crippen LogP contribution is 2.22. The van der Waals surface area contributed by atoms with Crippen LogP contribution in [0.15, 0.2) is 16.6 Å². The van der Waals surface area contributed by atoms with Crippen LogP contribution in [0, 0.1) is 5.82 Å². The number of thioether (sulfide) groups is 1. The van der Waals surface area contributed by atoms with Crippen molar-refractivity contribution in [2.45, 2.75) is 12.2 Å². The van der Waals surface area contributed by atoms with Gasteiger partial charge in [0, 0.05) is 16.3 Å². The van der Waals surface area contributed by atoms with Crippen molar-refractivity contribution in [3.05, 3.63) is 28.0 Å². The van der Waals surface area contributed by atoms with Gasteiger partial charge in [0.25, 0.3) is 5.91 Å². The number of carbonyl (C=O) groups is 1. The molecule has 0 heterocycles. The third-order valence-corrected chi connectivity index (χ3v) is 3.91. The normalized spacial score (nSPS) is 12.2. The van der Waals surface area contributed by atoms with Crippen LogP contribution in [-0.4, -0.2) is 24.0 Å². The second-order valence-electron chi connectivity index (χ2n) is 3.61. The van der Waals surface area contributed by atoms with Gasteiger partial charge < -0.3 is 11.1 Å². The average Bonchev–Trinajstić information content (AvgIpc) is 2.30. The summed E-state index contributed by atoms with van der Waals surface area (Å²) >= 11 is 4.80. The zero-order valence-electron chi connectivity index (χ0n) is 9.59. The Bertz CT molecular complexity index is 428. The number of amides is 1. The summed E-state index contributed by atoms with van der Waals surface area (Å²) in [4.78, 5) is 11.8. The van der Waals surface area contributed by atoms with Gasteiger partial charge in [-0.25, -0.2) is 4.39 Å². The molecule has 3 nitrogen and oxygen atoms in total. The summed E-state index contributed by atoms with van der Waals surface area (Å²) in [5.41, 5.74) is 5.74. The van der Waals surface area contributed by atoms with Crippen molar-refractivity contribution in [2.75, 3.05) is 18.5 Å². The molecule has 1 unspecified atom stereocenters. The van der Waals surface area contributed by atoms with Crippen LogP contribution in [0.5, 0.6) is 0 Å². The van der Waals surface area contributed by atoms with Gasteiger partial charge in [-0.1, -0.05) is 6.92 Å².